The lowest BCUT2D eigenvalue weighted by Gasteiger charge is -2.36. The SMILES string of the molecule is COC(=O)N[C@@H](CC#N)C(=O)N1C2CCC(C2)[C@H]1c1nc2ccc(-c3ccc4c(c3)C(F)(F)c3cc(-c5cnc([C@@H]6CC7(CC7)CN6C(=O)[C@@H](NC(=O)OC)C(C)C)[nH]5)ccc3-4)cc2[nH]1. The Labute approximate surface area is 373 Å². The van der Waals surface area contributed by atoms with Crippen molar-refractivity contribution in [2.75, 3.05) is 20.8 Å². The van der Waals surface area contributed by atoms with Gasteiger partial charge in [-0.3, -0.25) is 9.59 Å². The standard InChI is InChI=1S/C48H49F2N9O6/c1-24(2)39(57-46(63)65-4)44(61)58-23-47(14-15-47)21-38(58)41-52-22-37(55-41)27-7-11-31-30-10-6-25(18-32(30)48(49,50)33(31)19-27)26-8-12-34-36(20-26)54-42(53-34)40-28-5-9-29(17-28)59(40)43(60)35(13-16-51)56-45(62)64-3/h6-8,10-12,18-20,22,24,28-29,35,38-40H,5,9,13-15,17,21,23H2,1-4H3,(H,52,55)(H,53,54)(H,56,62)(H,57,63)/t28?,29?,35-,38-,39-,40-/m0/s1. The highest BCUT2D eigenvalue weighted by molar-refractivity contribution is 5.89. The van der Waals surface area contributed by atoms with E-state index < -0.39 is 30.2 Å². The molecule has 17 heteroatoms. The third kappa shape index (κ3) is 7.13. The maximum atomic E-state index is 16.7. The number of piperidine rings is 1. The first kappa shape index (κ1) is 42.1. The van der Waals surface area contributed by atoms with Crippen LogP contribution < -0.4 is 10.6 Å². The molecule has 6 atom stereocenters. The van der Waals surface area contributed by atoms with Crippen molar-refractivity contribution in [1.82, 2.24) is 40.4 Å². The smallest absolute Gasteiger partial charge is 0.407 e. The number of benzene rings is 3. The highest BCUT2D eigenvalue weighted by Gasteiger charge is 2.56. The number of hydrogen-bond donors (Lipinski definition) is 4. The van der Waals surface area contributed by atoms with Crippen LogP contribution in [0.4, 0.5) is 18.4 Å². The van der Waals surface area contributed by atoms with E-state index in [2.05, 4.69) is 25.6 Å². The van der Waals surface area contributed by atoms with Gasteiger partial charge in [-0.15, -0.1) is 0 Å². The number of H-pyrrole nitrogens is 2. The van der Waals surface area contributed by atoms with Crippen molar-refractivity contribution in [3.8, 4) is 39.6 Å². The molecule has 2 aromatic heterocycles. The lowest BCUT2D eigenvalue weighted by molar-refractivity contribution is -0.138. The highest BCUT2D eigenvalue weighted by Crippen LogP contribution is 2.59. The number of aromatic nitrogens is 4. The molecule has 4 fully saturated rings. The first-order valence-electron chi connectivity index (χ1n) is 22.1. The van der Waals surface area contributed by atoms with Crippen LogP contribution in [0.15, 0.2) is 60.8 Å². The molecule has 5 aliphatic rings. The van der Waals surface area contributed by atoms with E-state index in [0.717, 1.165) is 32.1 Å². The molecule has 336 valence electrons. The van der Waals surface area contributed by atoms with E-state index in [1.165, 1.54) is 20.3 Å². The van der Waals surface area contributed by atoms with Gasteiger partial charge in [0.15, 0.2) is 0 Å². The summed E-state index contributed by atoms with van der Waals surface area (Å²) in [6.45, 7) is 4.28. The van der Waals surface area contributed by atoms with Gasteiger partial charge in [-0.05, 0) is 102 Å². The molecule has 2 unspecified atom stereocenters. The van der Waals surface area contributed by atoms with E-state index in [9.17, 15) is 24.4 Å². The number of fused-ring (bicyclic) bond motifs is 6. The molecule has 1 spiro atoms. The Morgan fingerprint density at radius 2 is 1.57 bits per heavy atom. The minimum absolute atomic E-state index is 0.00269. The quantitative estimate of drug-likeness (QED) is 0.108. The zero-order chi connectivity index (χ0) is 45.5. The van der Waals surface area contributed by atoms with E-state index in [-0.39, 0.29) is 64.7 Å². The topological polar surface area (TPSA) is 198 Å². The van der Waals surface area contributed by atoms with Crippen molar-refractivity contribution in [2.24, 2.45) is 17.3 Å². The molecule has 4 amide bonds. The van der Waals surface area contributed by atoms with Gasteiger partial charge in [0.2, 0.25) is 11.8 Å². The first-order chi connectivity index (χ1) is 31.2. The fraction of sp³-hybridized carbons (Fsp3) is 0.438. The summed E-state index contributed by atoms with van der Waals surface area (Å²) in [6, 6.07) is 15.0. The van der Waals surface area contributed by atoms with Crippen LogP contribution in [-0.2, 0) is 25.0 Å². The predicted octanol–water partition coefficient (Wildman–Crippen LogP) is 7.86. The molecule has 65 heavy (non-hydrogen) atoms. The molecular weight excluding hydrogens is 837 g/mol. The second kappa shape index (κ2) is 15.7. The van der Waals surface area contributed by atoms with Crippen LogP contribution in [0.1, 0.15) is 93.7 Å². The number of nitrogens with zero attached hydrogens (tertiary/aromatic N) is 5. The van der Waals surface area contributed by atoms with Gasteiger partial charge in [0.1, 0.15) is 23.7 Å². The number of methoxy groups -OCH3 is 2. The minimum Gasteiger partial charge on any atom is -0.453 e. The summed E-state index contributed by atoms with van der Waals surface area (Å²) >= 11 is 0. The van der Waals surface area contributed by atoms with Crippen LogP contribution in [0.2, 0.25) is 0 Å². The predicted molar refractivity (Wildman–Crippen MR) is 233 cm³/mol. The molecule has 2 aliphatic heterocycles. The number of alkyl carbamates (subject to hydrolysis) is 2. The second-order valence-electron chi connectivity index (χ2n) is 18.6. The molecule has 4 N–H and O–H groups in total. The summed E-state index contributed by atoms with van der Waals surface area (Å²) in [5.41, 5.74) is 4.42. The van der Waals surface area contributed by atoms with Crippen LogP contribution in [0, 0.1) is 28.6 Å². The maximum Gasteiger partial charge on any atom is 0.407 e. The largest absolute Gasteiger partial charge is 0.453 e. The Balaban J connectivity index is 0.895. The van der Waals surface area contributed by atoms with Crippen LogP contribution in [-0.4, -0.2) is 92.6 Å². The van der Waals surface area contributed by atoms with Crippen molar-refractivity contribution < 1.29 is 37.4 Å². The number of imidazole rings is 2. The number of carbonyl (C=O) groups excluding carboxylic acids is 4. The van der Waals surface area contributed by atoms with Gasteiger partial charge in [0.25, 0.3) is 5.92 Å². The number of rotatable bonds is 10. The summed E-state index contributed by atoms with van der Waals surface area (Å²) in [5, 5.41) is 14.6. The van der Waals surface area contributed by atoms with Crippen LogP contribution in [0.25, 0.3) is 44.5 Å². The van der Waals surface area contributed by atoms with E-state index >= 15 is 8.78 Å². The van der Waals surface area contributed by atoms with Crippen molar-refractivity contribution in [3.63, 3.8) is 0 Å². The Bertz CT molecular complexity index is 2810. The van der Waals surface area contributed by atoms with Gasteiger partial charge in [-0.25, -0.2) is 19.6 Å². The molecule has 4 heterocycles. The van der Waals surface area contributed by atoms with E-state index in [1.54, 1.807) is 40.3 Å². The molecule has 2 saturated carbocycles. The summed E-state index contributed by atoms with van der Waals surface area (Å²) in [5.74, 6) is -2.76. The first-order valence-corrected chi connectivity index (χ1v) is 22.1. The molecule has 10 rings (SSSR count). The molecule has 15 nitrogen and oxygen atoms in total. The van der Waals surface area contributed by atoms with E-state index in [0.29, 0.717) is 69.2 Å². The number of nitriles is 1. The molecule has 3 aliphatic carbocycles. The Morgan fingerprint density at radius 1 is 0.892 bits per heavy atom. The molecule has 3 aromatic carbocycles. The number of alkyl halides is 2. The second-order valence-corrected chi connectivity index (χ2v) is 18.6. The van der Waals surface area contributed by atoms with E-state index in [1.807, 2.05) is 44.2 Å². The number of aromatic amines is 2. The normalized spacial score (nSPS) is 22.7. The van der Waals surface area contributed by atoms with Gasteiger partial charge >= 0.3 is 12.2 Å². The highest BCUT2D eigenvalue weighted by atomic mass is 19.3. The number of nitrogens with one attached hydrogen (secondary N) is 4. The summed E-state index contributed by atoms with van der Waals surface area (Å²) < 4.78 is 42.8. The van der Waals surface area contributed by atoms with Crippen LogP contribution in [0.5, 0.6) is 0 Å². The number of ether oxygens (including phenoxy) is 2. The molecular formula is C48H49F2N9O6. The third-order valence-electron chi connectivity index (χ3n) is 14.4. The van der Waals surface area contributed by atoms with Gasteiger partial charge in [0, 0.05) is 29.3 Å². The minimum atomic E-state index is -3.31. The average molecular weight is 886 g/mol. The lowest BCUT2D eigenvalue weighted by atomic mass is 9.97. The van der Waals surface area contributed by atoms with Crippen molar-refractivity contribution in [1.29, 1.82) is 5.26 Å². The maximum absolute atomic E-state index is 16.7. The molecule has 2 bridgehead atoms. The summed E-state index contributed by atoms with van der Waals surface area (Å²) in [6.07, 6.45) is 5.15. The van der Waals surface area contributed by atoms with Crippen molar-refractivity contribution in [3.05, 3.63) is 83.6 Å². The van der Waals surface area contributed by atoms with Crippen molar-refractivity contribution in [2.45, 2.75) is 94.9 Å². The Kier molecular flexibility index (Phi) is 10.2. The summed E-state index contributed by atoms with van der Waals surface area (Å²) in [4.78, 5) is 71.9. The number of likely N-dealkylation sites (tertiary alicyclic amines) is 2. The number of hydrogen-bond acceptors (Lipinski definition) is 9. The number of amides is 4. The summed E-state index contributed by atoms with van der Waals surface area (Å²) in [7, 11) is 2.46. The third-order valence-corrected chi connectivity index (χ3v) is 14.4. The molecule has 0 radical (unpaired) electrons. The fourth-order valence-electron chi connectivity index (χ4n) is 10.9. The van der Waals surface area contributed by atoms with Crippen LogP contribution in [0.3, 0.4) is 0 Å². The van der Waals surface area contributed by atoms with Crippen LogP contribution >= 0.6 is 0 Å². The van der Waals surface area contributed by atoms with Crippen molar-refractivity contribution >= 4 is 35.0 Å². The molecule has 2 saturated heterocycles. The van der Waals surface area contributed by atoms with Gasteiger partial charge in [0.05, 0.1) is 61.7 Å². The monoisotopic (exact) mass is 885 g/mol. The lowest BCUT2D eigenvalue weighted by Crippen LogP contribution is -2.51. The number of carbonyl (C=O) groups is 4. The van der Waals surface area contributed by atoms with Gasteiger partial charge in [-0.1, -0.05) is 44.2 Å². The average Bonchev–Trinajstić information content (AvgIpc) is 3.96. The Morgan fingerprint density at radius 3 is 2.26 bits per heavy atom. The van der Waals surface area contributed by atoms with Gasteiger partial charge < -0.3 is 39.9 Å². The number of halogens is 2. The van der Waals surface area contributed by atoms with Gasteiger partial charge in [-0.2, -0.15) is 14.0 Å². The zero-order valence-corrected chi connectivity index (χ0v) is 36.4. The Hall–Kier alpha value is -6.83. The zero-order valence-electron chi connectivity index (χ0n) is 36.4. The van der Waals surface area contributed by atoms with E-state index in [4.69, 9.17) is 14.5 Å². The fourth-order valence-corrected chi connectivity index (χ4v) is 10.9. The molecule has 5 aromatic rings.